The molecule has 0 aliphatic rings. The van der Waals surface area contributed by atoms with Gasteiger partial charge in [0.2, 0.25) is 0 Å². The van der Waals surface area contributed by atoms with E-state index in [0.717, 1.165) is 0 Å². The fraction of sp³-hybridized carbons (Fsp3) is 0.333. The number of esters is 1. The highest BCUT2D eigenvalue weighted by Gasteiger charge is 2.19. The van der Waals surface area contributed by atoms with Crippen molar-refractivity contribution in [1.82, 2.24) is 5.32 Å². The fourth-order valence-electron chi connectivity index (χ4n) is 2.94. The van der Waals surface area contributed by atoms with Crippen molar-refractivity contribution in [3.05, 3.63) is 63.7 Å². The molecule has 0 fully saturated rings. The number of aryl methyl sites for hydroxylation is 2. The number of nitrogens with one attached hydrogen (secondary N) is 2. The summed E-state index contributed by atoms with van der Waals surface area (Å²) in [5, 5.41) is 7.39. The van der Waals surface area contributed by atoms with Crippen molar-refractivity contribution in [3.8, 4) is 0 Å². The summed E-state index contributed by atoms with van der Waals surface area (Å²) in [5.41, 5.74) is 4.61. The molecule has 0 heterocycles. The number of ether oxygens (including phenoxy) is 1. The van der Waals surface area contributed by atoms with Crippen molar-refractivity contribution in [2.75, 3.05) is 12.4 Å². The van der Waals surface area contributed by atoms with Crippen LogP contribution in [0, 0.1) is 19.8 Å². The third kappa shape index (κ3) is 5.44. The molecule has 0 aliphatic carbocycles. The molecule has 2 aromatic rings. The molecule has 0 unspecified atom stereocenters. The van der Waals surface area contributed by atoms with Crippen molar-refractivity contribution in [2.24, 2.45) is 5.92 Å². The van der Waals surface area contributed by atoms with Crippen molar-refractivity contribution < 1.29 is 9.53 Å². The predicted molar refractivity (Wildman–Crippen MR) is 116 cm³/mol. The van der Waals surface area contributed by atoms with Crippen LogP contribution < -0.4 is 10.6 Å². The van der Waals surface area contributed by atoms with E-state index in [1.807, 2.05) is 0 Å². The zero-order valence-electron chi connectivity index (χ0n) is 16.2. The van der Waals surface area contributed by atoms with Gasteiger partial charge < -0.3 is 15.4 Å². The van der Waals surface area contributed by atoms with Crippen molar-refractivity contribution in [1.29, 1.82) is 0 Å². The van der Waals surface area contributed by atoms with Crippen LogP contribution in [0.1, 0.15) is 46.9 Å². The molecule has 6 heteroatoms. The number of carbonyl (C=O) groups is 1. The Morgan fingerprint density at radius 3 is 2.44 bits per heavy atom. The van der Waals surface area contributed by atoms with E-state index >= 15 is 0 Å². The van der Waals surface area contributed by atoms with Crippen LogP contribution in [0.15, 0.2) is 36.4 Å². The molecule has 27 heavy (non-hydrogen) atoms. The molecular formula is C21H25ClN2O2S. The third-order valence-electron chi connectivity index (χ3n) is 4.35. The van der Waals surface area contributed by atoms with Gasteiger partial charge >= 0.3 is 5.97 Å². The summed E-state index contributed by atoms with van der Waals surface area (Å²) in [6.45, 7) is 8.47. The molecule has 0 aliphatic heterocycles. The highest BCUT2D eigenvalue weighted by molar-refractivity contribution is 7.80. The topological polar surface area (TPSA) is 50.4 Å². The van der Waals surface area contributed by atoms with Crippen molar-refractivity contribution in [3.63, 3.8) is 0 Å². The molecule has 2 aromatic carbocycles. The number of anilines is 1. The van der Waals surface area contributed by atoms with Gasteiger partial charge in [0, 0.05) is 0 Å². The van der Waals surface area contributed by atoms with E-state index in [1.54, 1.807) is 18.2 Å². The van der Waals surface area contributed by atoms with Gasteiger partial charge in [0.15, 0.2) is 5.11 Å². The maximum atomic E-state index is 11.7. The highest BCUT2D eigenvalue weighted by atomic mass is 35.5. The molecule has 0 radical (unpaired) electrons. The molecule has 0 bridgehead atoms. The number of benzene rings is 2. The molecule has 2 rings (SSSR count). The Bertz CT molecular complexity index is 852. The van der Waals surface area contributed by atoms with Crippen LogP contribution in [0.4, 0.5) is 5.69 Å². The van der Waals surface area contributed by atoms with E-state index in [1.165, 1.54) is 23.8 Å². The SMILES string of the molecule is COC(=O)c1ccc(Cl)c(NC(=S)N[C@@H](c2ccc(C)cc2C)C(C)C)c1. The number of methoxy groups -OCH3 is 1. The zero-order chi connectivity index (χ0) is 20.1. The molecule has 0 spiro atoms. The highest BCUT2D eigenvalue weighted by Crippen LogP contribution is 2.27. The maximum absolute atomic E-state index is 11.7. The monoisotopic (exact) mass is 404 g/mol. The Kier molecular flexibility index (Phi) is 7.22. The predicted octanol–water partition coefficient (Wildman–Crippen LogP) is 5.43. The fourth-order valence-corrected chi connectivity index (χ4v) is 3.35. The zero-order valence-corrected chi connectivity index (χ0v) is 17.8. The Morgan fingerprint density at radius 2 is 1.85 bits per heavy atom. The maximum Gasteiger partial charge on any atom is 0.337 e. The van der Waals surface area contributed by atoms with Gasteiger partial charge in [-0.2, -0.15) is 0 Å². The smallest absolute Gasteiger partial charge is 0.337 e. The van der Waals surface area contributed by atoms with Crippen LogP contribution in [0.25, 0.3) is 0 Å². The second-order valence-corrected chi connectivity index (χ2v) is 7.68. The minimum atomic E-state index is -0.427. The van der Waals surface area contributed by atoms with Gasteiger partial charge in [0.25, 0.3) is 0 Å². The largest absolute Gasteiger partial charge is 0.465 e. The van der Waals surface area contributed by atoms with E-state index in [4.69, 9.17) is 28.6 Å². The van der Waals surface area contributed by atoms with Crippen molar-refractivity contribution >= 4 is 40.6 Å². The van der Waals surface area contributed by atoms with Gasteiger partial charge in [0.05, 0.1) is 29.4 Å². The summed E-state index contributed by atoms with van der Waals surface area (Å²) in [6.07, 6.45) is 0. The van der Waals surface area contributed by atoms with Gasteiger partial charge in [-0.1, -0.05) is 49.2 Å². The summed E-state index contributed by atoms with van der Waals surface area (Å²) in [4.78, 5) is 11.7. The lowest BCUT2D eigenvalue weighted by Crippen LogP contribution is -2.35. The lowest BCUT2D eigenvalue weighted by atomic mass is 9.92. The molecule has 4 nitrogen and oxygen atoms in total. The lowest BCUT2D eigenvalue weighted by Gasteiger charge is -2.26. The first-order valence-corrected chi connectivity index (χ1v) is 9.54. The van der Waals surface area contributed by atoms with Crippen LogP contribution in [0.5, 0.6) is 0 Å². The Balaban J connectivity index is 2.21. The number of hydrogen-bond acceptors (Lipinski definition) is 3. The normalized spacial score (nSPS) is 11.8. The Morgan fingerprint density at radius 1 is 1.15 bits per heavy atom. The van der Waals surface area contributed by atoms with Gasteiger partial charge in [-0.3, -0.25) is 0 Å². The molecule has 144 valence electrons. The number of hydrogen-bond donors (Lipinski definition) is 2. The summed E-state index contributed by atoms with van der Waals surface area (Å²) >= 11 is 11.7. The van der Waals surface area contributed by atoms with Gasteiger partial charge in [-0.05, 0) is 61.3 Å². The number of halogens is 1. The minimum Gasteiger partial charge on any atom is -0.465 e. The van der Waals surface area contributed by atoms with Crippen LogP contribution in [-0.4, -0.2) is 18.2 Å². The molecule has 0 aromatic heterocycles. The van der Waals surface area contributed by atoms with Crippen LogP contribution >= 0.6 is 23.8 Å². The van der Waals surface area contributed by atoms with Gasteiger partial charge in [-0.15, -0.1) is 0 Å². The van der Waals surface area contributed by atoms with E-state index in [2.05, 4.69) is 56.5 Å². The van der Waals surface area contributed by atoms with E-state index in [9.17, 15) is 4.79 Å². The molecule has 2 N–H and O–H groups in total. The molecule has 1 atom stereocenters. The average molecular weight is 405 g/mol. The second kappa shape index (κ2) is 9.20. The Hall–Kier alpha value is -2.11. The second-order valence-electron chi connectivity index (χ2n) is 6.87. The van der Waals surface area contributed by atoms with Gasteiger partial charge in [0.1, 0.15) is 0 Å². The Labute approximate surface area is 171 Å². The molecule has 0 saturated carbocycles. The van der Waals surface area contributed by atoms with Gasteiger partial charge in [-0.25, -0.2) is 4.79 Å². The molecular weight excluding hydrogens is 380 g/mol. The summed E-state index contributed by atoms with van der Waals surface area (Å²) in [5.74, 6) is -0.105. The standard InChI is InChI=1S/C21H25ClN2O2S/c1-12(2)19(16-8-6-13(3)10-14(16)4)24-21(27)23-18-11-15(20(25)26-5)7-9-17(18)22/h6-12,19H,1-5H3,(H2,23,24,27)/t19-/m1/s1. The van der Waals surface area contributed by atoms with Crippen LogP contribution in [-0.2, 0) is 4.74 Å². The van der Waals surface area contributed by atoms with Crippen molar-refractivity contribution in [2.45, 2.75) is 33.7 Å². The quantitative estimate of drug-likeness (QED) is 0.514. The van der Waals surface area contributed by atoms with E-state index in [0.29, 0.717) is 27.3 Å². The first kappa shape index (κ1) is 21.2. The van der Waals surface area contributed by atoms with Crippen LogP contribution in [0.2, 0.25) is 5.02 Å². The van der Waals surface area contributed by atoms with Crippen LogP contribution in [0.3, 0.4) is 0 Å². The minimum absolute atomic E-state index is 0.0492. The number of carbonyl (C=O) groups excluding carboxylic acids is 1. The van der Waals surface area contributed by atoms with E-state index in [-0.39, 0.29) is 6.04 Å². The average Bonchev–Trinajstić information content (AvgIpc) is 2.61. The summed E-state index contributed by atoms with van der Waals surface area (Å²) < 4.78 is 4.75. The summed E-state index contributed by atoms with van der Waals surface area (Å²) in [6, 6.07) is 11.3. The third-order valence-corrected chi connectivity index (χ3v) is 4.90. The summed E-state index contributed by atoms with van der Waals surface area (Å²) in [7, 11) is 1.34. The number of rotatable bonds is 5. The molecule has 0 amide bonds. The molecule has 0 saturated heterocycles. The number of thiocarbonyl (C=S) groups is 1. The first-order valence-electron chi connectivity index (χ1n) is 8.75. The lowest BCUT2D eigenvalue weighted by molar-refractivity contribution is 0.0601. The first-order chi connectivity index (χ1) is 12.7. The van der Waals surface area contributed by atoms with E-state index < -0.39 is 5.97 Å².